The second-order valence-corrected chi connectivity index (χ2v) is 16.4. The maximum atomic E-state index is 7.01. The Bertz CT molecular complexity index is 3290. The first-order valence-electron chi connectivity index (χ1n) is 20.4. The Balaban J connectivity index is 1.18. The molecule has 1 spiro atoms. The van der Waals surface area contributed by atoms with Crippen LogP contribution in [0.5, 0.6) is 11.5 Å². The Labute approximate surface area is 343 Å². The molecule has 9 aromatic carbocycles. The minimum Gasteiger partial charge on any atom is -0.456 e. The standard InChI is InChI=1S/C56H39NO2/c1-55(2)44-20-9-10-21-45(44)56(46-22-11-13-26-51(46)59-54-41-18-7-6-17-38(41)29-34-48(54)56)47-23-14-24-49(53(47)55)57(39-30-27-37(28-31-39)36-15-4-3-5-16-36)40-32-33-43-42-19-8-12-25-50(42)58-52(43)35-40/h3-35H,1-2H3. The molecule has 10 aromatic rings. The fourth-order valence-corrected chi connectivity index (χ4v) is 10.4. The summed E-state index contributed by atoms with van der Waals surface area (Å²) in [6.45, 7) is 4.79. The molecule has 0 N–H and O–H groups in total. The van der Waals surface area contributed by atoms with Crippen LogP contribution in [-0.2, 0) is 10.8 Å². The molecule has 59 heavy (non-hydrogen) atoms. The predicted octanol–water partition coefficient (Wildman–Crippen LogP) is 15.0. The molecular weight excluding hydrogens is 719 g/mol. The van der Waals surface area contributed by atoms with Gasteiger partial charge in [0.25, 0.3) is 0 Å². The van der Waals surface area contributed by atoms with E-state index in [1.165, 1.54) is 33.4 Å². The number of fused-ring (bicyclic) bond motifs is 13. The molecule has 0 bridgehead atoms. The highest BCUT2D eigenvalue weighted by Crippen LogP contribution is 2.64. The number of furan rings is 1. The van der Waals surface area contributed by atoms with Gasteiger partial charge in [0.1, 0.15) is 22.7 Å². The predicted molar refractivity (Wildman–Crippen MR) is 242 cm³/mol. The third kappa shape index (κ3) is 4.76. The van der Waals surface area contributed by atoms with Crippen LogP contribution in [0.4, 0.5) is 17.1 Å². The lowest BCUT2D eigenvalue weighted by Gasteiger charge is -2.51. The van der Waals surface area contributed by atoms with Crippen molar-refractivity contribution in [2.75, 3.05) is 4.90 Å². The quantitative estimate of drug-likeness (QED) is 0.179. The zero-order valence-electron chi connectivity index (χ0n) is 32.8. The summed E-state index contributed by atoms with van der Waals surface area (Å²) in [5.74, 6) is 1.79. The Morgan fingerprint density at radius 3 is 1.92 bits per heavy atom. The maximum Gasteiger partial charge on any atom is 0.140 e. The number of ether oxygens (including phenoxy) is 1. The lowest BCUT2D eigenvalue weighted by Crippen LogP contribution is -2.44. The third-order valence-electron chi connectivity index (χ3n) is 13.0. The van der Waals surface area contributed by atoms with Crippen LogP contribution in [-0.4, -0.2) is 0 Å². The lowest BCUT2D eigenvalue weighted by molar-refractivity contribution is 0.430. The summed E-state index contributed by atoms with van der Waals surface area (Å²) in [7, 11) is 0. The van der Waals surface area contributed by atoms with Gasteiger partial charge >= 0.3 is 0 Å². The summed E-state index contributed by atoms with van der Waals surface area (Å²) in [6.07, 6.45) is 0. The van der Waals surface area contributed by atoms with Crippen LogP contribution in [0.3, 0.4) is 0 Å². The molecule has 1 aliphatic carbocycles. The van der Waals surface area contributed by atoms with Crippen molar-refractivity contribution in [2.24, 2.45) is 0 Å². The third-order valence-corrected chi connectivity index (χ3v) is 13.0. The second kappa shape index (κ2) is 12.6. The van der Waals surface area contributed by atoms with Gasteiger partial charge in [-0.05, 0) is 81.2 Å². The number of hydrogen-bond acceptors (Lipinski definition) is 3. The summed E-state index contributed by atoms with van der Waals surface area (Å²) in [5, 5.41) is 4.49. The Kier molecular flexibility index (Phi) is 7.19. The van der Waals surface area contributed by atoms with Crippen LogP contribution in [0.1, 0.15) is 47.2 Å². The first-order valence-corrected chi connectivity index (χ1v) is 20.4. The molecular formula is C56H39NO2. The molecule has 3 heteroatoms. The van der Waals surface area contributed by atoms with Gasteiger partial charge in [-0.25, -0.2) is 0 Å². The van der Waals surface area contributed by atoms with Crippen LogP contribution in [0.15, 0.2) is 205 Å². The van der Waals surface area contributed by atoms with Crippen LogP contribution in [0.25, 0.3) is 43.8 Å². The molecule has 1 unspecified atom stereocenters. The number of nitrogens with zero attached hydrogens (tertiary/aromatic N) is 1. The van der Waals surface area contributed by atoms with Crippen LogP contribution in [0.2, 0.25) is 0 Å². The molecule has 2 aliphatic rings. The maximum absolute atomic E-state index is 7.01. The number of hydrogen-bond donors (Lipinski definition) is 0. The van der Waals surface area contributed by atoms with E-state index in [4.69, 9.17) is 9.15 Å². The summed E-state index contributed by atoms with van der Waals surface area (Å²) in [6, 6.07) is 72.4. The number of rotatable bonds is 4. The molecule has 0 amide bonds. The molecule has 2 heterocycles. The minimum absolute atomic E-state index is 0.399. The van der Waals surface area contributed by atoms with E-state index in [0.29, 0.717) is 0 Å². The molecule has 0 radical (unpaired) electrons. The smallest absolute Gasteiger partial charge is 0.140 e. The zero-order valence-corrected chi connectivity index (χ0v) is 32.8. The van der Waals surface area contributed by atoms with Crippen molar-refractivity contribution in [3.63, 3.8) is 0 Å². The van der Waals surface area contributed by atoms with Crippen molar-refractivity contribution >= 4 is 49.8 Å². The summed E-state index contributed by atoms with van der Waals surface area (Å²) in [5.41, 5.74) is 13.7. The highest BCUT2D eigenvalue weighted by molar-refractivity contribution is 6.06. The van der Waals surface area contributed by atoms with Gasteiger partial charge in [-0.2, -0.15) is 0 Å². The fraction of sp³-hybridized carbons (Fsp3) is 0.0714. The number of anilines is 3. The molecule has 0 saturated heterocycles. The molecule has 1 aliphatic heterocycles. The van der Waals surface area contributed by atoms with E-state index in [2.05, 4.69) is 213 Å². The number of para-hydroxylation sites is 2. The Morgan fingerprint density at radius 2 is 1.07 bits per heavy atom. The van der Waals surface area contributed by atoms with E-state index < -0.39 is 10.8 Å². The molecule has 12 rings (SSSR count). The number of benzene rings is 9. The van der Waals surface area contributed by atoms with Gasteiger partial charge in [-0.3, -0.25) is 0 Å². The van der Waals surface area contributed by atoms with Gasteiger partial charge in [0, 0.05) is 50.1 Å². The Morgan fingerprint density at radius 1 is 0.424 bits per heavy atom. The molecule has 280 valence electrons. The largest absolute Gasteiger partial charge is 0.456 e. The van der Waals surface area contributed by atoms with E-state index in [9.17, 15) is 0 Å². The van der Waals surface area contributed by atoms with E-state index in [0.717, 1.165) is 72.4 Å². The van der Waals surface area contributed by atoms with E-state index in [1.54, 1.807) is 0 Å². The zero-order chi connectivity index (χ0) is 39.3. The Hall–Kier alpha value is -7.36. The first kappa shape index (κ1) is 33.7. The van der Waals surface area contributed by atoms with E-state index >= 15 is 0 Å². The highest BCUT2D eigenvalue weighted by atomic mass is 16.5. The van der Waals surface area contributed by atoms with Crippen molar-refractivity contribution < 1.29 is 9.15 Å². The fourth-order valence-electron chi connectivity index (χ4n) is 10.4. The first-order chi connectivity index (χ1) is 29.0. The lowest BCUT2D eigenvalue weighted by atomic mass is 9.53. The highest BCUT2D eigenvalue weighted by Gasteiger charge is 2.54. The molecule has 1 atom stereocenters. The van der Waals surface area contributed by atoms with Gasteiger partial charge in [-0.15, -0.1) is 0 Å². The van der Waals surface area contributed by atoms with Gasteiger partial charge in [0.2, 0.25) is 0 Å². The van der Waals surface area contributed by atoms with Crippen molar-refractivity contribution in [3.05, 3.63) is 234 Å². The second-order valence-electron chi connectivity index (χ2n) is 16.4. The molecule has 0 saturated carbocycles. The normalized spacial score (nSPS) is 16.0. The van der Waals surface area contributed by atoms with E-state index in [1.807, 2.05) is 6.07 Å². The van der Waals surface area contributed by atoms with Crippen LogP contribution < -0.4 is 9.64 Å². The summed E-state index contributed by atoms with van der Waals surface area (Å²) in [4.78, 5) is 2.44. The molecule has 0 fully saturated rings. The van der Waals surface area contributed by atoms with Crippen molar-refractivity contribution in [3.8, 4) is 22.6 Å². The van der Waals surface area contributed by atoms with Gasteiger partial charge in [0.15, 0.2) is 0 Å². The van der Waals surface area contributed by atoms with Crippen molar-refractivity contribution in [2.45, 2.75) is 24.7 Å². The van der Waals surface area contributed by atoms with Crippen molar-refractivity contribution in [1.82, 2.24) is 0 Å². The average molecular weight is 758 g/mol. The average Bonchev–Trinajstić information content (AvgIpc) is 3.66. The van der Waals surface area contributed by atoms with Crippen LogP contribution in [0, 0.1) is 0 Å². The van der Waals surface area contributed by atoms with Gasteiger partial charge in [0.05, 0.1) is 11.1 Å². The summed E-state index contributed by atoms with van der Waals surface area (Å²) < 4.78 is 13.6. The van der Waals surface area contributed by atoms with E-state index in [-0.39, 0.29) is 0 Å². The van der Waals surface area contributed by atoms with Gasteiger partial charge < -0.3 is 14.1 Å². The van der Waals surface area contributed by atoms with Gasteiger partial charge in [-0.1, -0.05) is 166 Å². The van der Waals surface area contributed by atoms with Crippen molar-refractivity contribution in [1.29, 1.82) is 0 Å². The molecule has 1 aromatic heterocycles. The van der Waals surface area contributed by atoms with Crippen LogP contribution >= 0.6 is 0 Å². The summed E-state index contributed by atoms with van der Waals surface area (Å²) >= 11 is 0. The topological polar surface area (TPSA) is 25.6 Å². The monoisotopic (exact) mass is 757 g/mol. The minimum atomic E-state index is -0.669. The SMILES string of the molecule is CC1(C)c2ccccc2C2(c3ccccc3Oc3c2ccc2ccccc32)c2cccc(N(c3ccc(-c4ccccc4)cc3)c3ccc4c(c3)oc3ccccc34)c21. The molecule has 3 nitrogen and oxygen atoms in total.